The van der Waals surface area contributed by atoms with E-state index in [1.807, 2.05) is 25.1 Å². The van der Waals surface area contributed by atoms with Gasteiger partial charge in [-0.05, 0) is 24.1 Å². The van der Waals surface area contributed by atoms with E-state index in [-0.39, 0.29) is 17.1 Å². The number of halogens is 1. The van der Waals surface area contributed by atoms with Crippen molar-refractivity contribution < 1.29 is 18.7 Å². The summed E-state index contributed by atoms with van der Waals surface area (Å²) in [4.78, 5) is 12.4. The van der Waals surface area contributed by atoms with Crippen LogP contribution in [0.25, 0.3) is 0 Å². The van der Waals surface area contributed by atoms with E-state index in [9.17, 15) is 14.4 Å². The fourth-order valence-electron chi connectivity index (χ4n) is 2.33. The SMILES string of the molecule is COc1cc(F)c(C(=O)NC(C#N)c2ccccc2C)cc1OC. The minimum Gasteiger partial charge on any atom is -0.493 e. The first-order chi connectivity index (χ1) is 11.5. The lowest BCUT2D eigenvalue weighted by molar-refractivity contribution is 0.0940. The number of nitrogens with one attached hydrogen (secondary N) is 1. The molecule has 0 aromatic heterocycles. The van der Waals surface area contributed by atoms with Crippen LogP contribution in [0.1, 0.15) is 27.5 Å². The molecule has 0 spiro atoms. The Morgan fingerprint density at radius 3 is 2.42 bits per heavy atom. The molecule has 6 heteroatoms. The lowest BCUT2D eigenvalue weighted by atomic mass is 10.0. The van der Waals surface area contributed by atoms with E-state index in [1.165, 1.54) is 20.3 Å². The Kier molecular flexibility index (Phi) is 5.38. The molecule has 0 fully saturated rings. The molecular formula is C18H17FN2O3. The number of benzene rings is 2. The average molecular weight is 328 g/mol. The third-order valence-electron chi connectivity index (χ3n) is 3.62. The van der Waals surface area contributed by atoms with Crippen LogP contribution in [0.5, 0.6) is 11.5 Å². The van der Waals surface area contributed by atoms with E-state index in [1.54, 1.807) is 12.1 Å². The molecule has 2 rings (SSSR count). The quantitative estimate of drug-likeness (QED) is 0.915. The second kappa shape index (κ2) is 7.47. The summed E-state index contributed by atoms with van der Waals surface area (Å²) in [7, 11) is 2.77. The van der Waals surface area contributed by atoms with Crippen molar-refractivity contribution in [2.45, 2.75) is 13.0 Å². The lowest BCUT2D eigenvalue weighted by Gasteiger charge is -2.15. The standard InChI is InChI=1S/C18H17FN2O3/c1-11-6-4-5-7-12(11)15(10-20)21-18(22)13-8-16(23-2)17(24-3)9-14(13)19/h4-9,15H,1-3H3,(H,21,22). The first-order valence-electron chi connectivity index (χ1n) is 7.19. The van der Waals surface area contributed by atoms with Gasteiger partial charge in [0.15, 0.2) is 11.5 Å². The Morgan fingerprint density at radius 1 is 1.21 bits per heavy atom. The van der Waals surface area contributed by atoms with E-state index >= 15 is 0 Å². The molecule has 0 aliphatic heterocycles. The molecule has 1 atom stereocenters. The van der Waals surface area contributed by atoms with Gasteiger partial charge in [-0.3, -0.25) is 4.79 Å². The Morgan fingerprint density at radius 2 is 1.83 bits per heavy atom. The molecule has 2 aromatic carbocycles. The van der Waals surface area contributed by atoms with Crippen molar-refractivity contribution in [3.05, 3.63) is 58.9 Å². The van der Waals surface area contributed by atoms with Gasteiger partial charge in [0.25, 0.3) is 5.91 Å². The van der Waals surface area contributed by atoms with Crippen LogP contribution >= 0.6 is 0 Å². The predicted octanol–water partition coefficient (Wildman–Crippen LogP) is 3.15. The second-order valence-corrected chi connectivity index (χ2v) is 5.08. The third-order valence-corrected chi connectivity index (χ3v) is 3.62. The highest BCUT2D eigenvalue weighted by Crippen LogP contribution is 2.30. The van der Waals surface area contributed by atoms with Gasteiger partial charge in [-0.25, -0.2) is 4.39 Å². The number of carbonyl (C=O) groups excluding carboxylic acids is 1. The first kappa shape index (κ1) is 17.3. The minimum atomic E-state index is -0.883. The van der Waals surface area contributed by atoms with E-state index in [0.29, 0.717) is 5.56 Å². The molecule has 124 valence electrons. The highest BCUT2D eigenvalue weighted by atomic mass is 19.1. The molecule has 0 heterocycles. The van der Waals surface area contributed by atoms with Gasteiger partial charge in [-0.15, -0.1) is 0 Å². The number of hydrogen-bond acceptors (Lipinski definition) is 4. The summed E-state index contributed by atoms with van der Waals surface area (Å²) in [5.41, 5.74) is 1.30. The minimum absolute atomic E-state index is 0.183. The molecule has 0 saturated carbocycles. The number of rotatable bonds is 5. The lowest BCUT2D eigenvalue weighted by Crippen LogP contribution is -2.28. The van der Waals surface area contributed by atoms with Crippen molar-refractivity contribution in [3.63, 3.8) is 0 Å². The summed E-state index contributed by atoms with van der Waals surface area (Å²) in [6, 6.07) is 10.6. The Bertz CT molecular complexity index is 799. The molecule has 0 radical (unpaired) electrons. The number of methoxy groups -OCH3 is 2. The fraction of sp³-hybridized carbons (Fsp3) is 0.222. The molecule has 0 aliphatic carbocycles. The number of hydrogen-bond donors (Lipinski definition) is 1. The van der Waals surface area contributed by atoms with Crippen molar-refractivity contribution in [2.24, 2.45) is 0 Å². The predicted molar refractivity (Wildman–Crippen MR) is 86.5 cm³/mol. The van der Waals surface area contributed by atoms with Gasteiger partial charge in [0, 0.05) is 6.07 Å². The van der Waals surface area contributed by atoms with Crippen LogP contribution in [-0.2, 0) is 0 Å². The highest BCUT2D eigenvalue weighted by Gasteiger charge is 2.21. The van der Waals surface area contributed by atoms with Gasteiger partial charge in [0.05, 0.1) is 25.9 Å². The van der Waals surface area contributed by atoms with Gasteiger partial charge >= 0.3 is 0 Å². The number of nitriles is 1. The molecule has 0 bridgehead atoms. The van der Waals surface area contributed by atoms with Crippen LogP contribution in [-0.4, -0.2) is 20.1 Å². The highest BCUT2D eigenvalue weighted by molar-refractivity contribution is 5.95. The normalized spacial score (nSPS) is 11.3. The van der Waals surface area contributed by atoms with Crippen molar-refractivity contribution >= 4 is 5.91 Å². The molecule has 5 nitrogen and oxygen atoms in total. The summed E-state index contributed by atoms with van der Waals surface area (Å²) in [6.45, 7) is 1.84. The van der Waals surface area contributed by atoms with Crippen LogP contribution in [0, 0.1) is 24.1 Å². The van der Waals surface area contributed by atoms with Crippen LogP contribution in [0.3, 0.4) is 0 Å². The van der Waals surface area contributed by atoms with Crippen LogP contribution in [0.4, 0.5) is 4.39 Å². The molecule has 1 amide bonds. The van der Waals surface area contributed by atoms with Crippen LogP contribution < -0.4 is 14.8 Å². The number of aryl methyl sites for hydroxylation is 1. The van der Waals surface area contributed by atoms with Crippen molar-refractivity contribution in [1.82, 2.24) is 5.32 Å². The van der Waals surface area contributed by atoms with Gasteiger partial charge < -0.3 is 14.8 Å². The van der Waals surface area contributed by atoms with Gasteiger partial charge in [0.1, 0.15) is 11.9 Å². The zero-order chi connectivity index (χ0) is 17.7. The number of carbonyl (C=O) groups is 1. The third kappa shape index (κ3) is 3.46. The van der Waals surface area contributed by atoms with Gasteiger partial charge in [-0.1, -0.05) is 24.3 Å². The fourth-order valence-corrected chi connectivity index (χ4v) is 2.33. The Labute approximate surface area is 139 Å². The second-order valence-electron chi connectivity index (χ2n) is 5.08. The summed E-state index contributed by atoms with van der Waals surface area (Å²) in [5.74, 6) is -1.05. The van der Waals surface area contributed by atoms with E-state index in [2.05, 4.69) is 5.32 Å². The average Bonchev–Trinajstić information content (AvgIpc) is 2.59. The maximum atomic E-state index is 14.2. The van der Waals surface area contributed by atoms with Crippen LogP contribution in [0.15, 0.2) is 36.4 Å². The largest absolute Gasteiger partial charge is 0.493 e. The molecule has 0 aliphatic rings. The summed E-state index contributed by atoms with van der Waals surface area (Å²) in [5, 5.41) is 11.9. The number of ether oxygens (including phenoxy) is 2. The van der Waals surface area contributed by atoms with Crippen molar-refractivity contribution in [3.8, 4) is 17.6 Å². The maximum absolute atomic E-state index is 14.2. The van der Waals surface area contributed by atoms with E-state index in [4.69, 9.17) is 9.47 Å². The van der Waals surface area contributed by atoms with Gasteiger partial charge in [-0.2, -0.15) is 5.26 Å². The zero-order valence-corrected chi connectivity index (χ0v) is 13.6. The Balaban J connectivity index is 2.32. The van der Waals surface area contributed by atoms with Crippen molar-refractivity contribution in [2.75, 3.05) is 14.2 Å². The molecule has 24 heavy (non-hydrogen) atoms. The number of nitrogens with zero attached hydrogens (tertiary/aromatic N) is 1. The smallest absolute Gasteiger partial charge is 0.255 e. The molecule has 0 saturated heterocycles. The summed E-state index contributed by atoms with van der Waals surface area (Å²) >= 11 is 0. The van der Waals surface area contributed by atoms with Crippen LogP contribution in [0.2, 0.25) is 0 Å². The summed E-state index contributed by atoms with van der Waals surface area (Å²) in [6.07, 6.45) is 0. The van der Waals surface area contributed by atoms with Crippen molar-refractivity contribution in [1.29, 1.82) is 5.26 Å². The van der Waals surface area contributed by atoms with E-state index in [0.717, 1.165) is 11.6 Å². The molecule has 1 unspecified atom stereocenters. The first-order valence-corrected chi connectivity index (χ1v) is 7.19. The zero-order valence-electron chi connectivity index (χ0n) is 13.6. The molecular weight excluding hydrogens is 311 g/mol. The topological polar surface area (TPSA) is 71.3 Å². The Hall–Kier alpha value is -3.07. The molecule has 1 N–H and O–H groups in total. The maximum Gasteiger partial charge on any atom is 0.255 e. The van der Waals surface area contributed by atoms with Gasteiger partial charge in [0.2, 0.25) is 0 Å². The summed E-state index contributed by atoms with van der Waals surface area (Å²) < 4.78 is 24.2. The molecule has 2 aromatic rings. The monoisotopic (exact) mass is 328 g/mol. The van der Waals surface area contributed by atoms with E-state index < -0.39 is 17.8 Å². The number of amides is 1.